The first-order chi connectivity index (χ1) is 7.78. The zero-order valence-corrected chi connectivity index (χ0v) is 12.0. The van der Waals surface area contributed by atoms with Crippen LogP contribution in [0.5, 0.6) is 0 Å². The number of hydrogen-bond donors (Lipinski definition) is 0. The molecule has 3 heteroatoms. The van der Waals surface area contributed by atoms with Gasteiger partial charge < -0.3 is 9.64 Å². The van der Waals surface area contributed by atoms with Crippen molar-refractivity contribution in [3.63, 3.8) is 0 Å². The van der Waals surface area contributed by atoms with E-state index in [1.54, 1.807) is 4.90 Å². The molecule has 17 heavy (non-hydrogen) atoms. The standard InChI is InChI=1S/C14H27NO2/c1-11-6-8-12(9-7-11)10-15(5)13(16)17-14(2,3)4/h11-12H,6-10H2,1-5H3/t11-,12+. The molecule has 0 atom stereocenters. The number of carbonyl (C=O) groups excluding carboxylic acids is 1. The topological polar surface area (TPSA) is 29.5 Å². The molecule has 100 valence electrons. The van der Waals surface area contributed by atoms with E-state index in [1.165, 1.54) is 25.7 Å². The Kier molecular flexibility index (Phi) is 4.84. The summed E-state index contributed by atoms with van der Waals surface area (Å²) in [5.41, 5.74) is -0.396. The van der Waals surface area contributed by atoms with E-state index in [0.717, 1.165) is 12.5 Å². The molecule has 1 aliphatic rings. The monoisotopic (exact) mass is 241 g/mol. The number of ether oxygens (including phenoxy) is 1. The molecule has 0 unspecified atom stereocenters. The zero-order valence-electron chi connectivity index (χ0n) is 12.0. The van der Waals surface area contributed by atoms with Crippen LogP contribution in [-0.4, -0.2) is 30.2 Å². The molecule has 1 fully saturated rings. The number of rotatable bonds is 2. The van der Waals surface area contributed by atoms with Gasteiger partial charge in [0, 0.05) is 13.6 Å². The molecule has 3 nitrogen and oxygen atoms in total. The Morgan fingerprint density at radius 1 is 1.24 bits per heavy atom. The summed E-state index contributed by atoms with van der Waals surface area (Å²) in [6.45, 7) is 8.86. The summed E-state index contributed by atoms with van der Waals surface area (Å²) in [7, 11) is 1.84. The van der Waals surface area contributed by atoms with E-state index in [0.29, 0.717) is 5.92 Å². The van der Waals surface area contributed by atoms with Gasteiger partial charge in [0.05, 0.1) is 0 Å². The van der Waals surface area contributed by atoms with Crippen LogP contribution in [0.4, 0.5) is 4.79 Å². The van der Waals surface area contributed by atoms with Crippen molar-refractivity contribution in [3.05, 3.63) is 0 Å². The van der Waals surface area contributed by atoms with Gasteiger partial charge in [-0.15, -0.1) is 0 Å². The molecular formula is C14H27NO2. The van der Waals surface area contributed by atoms with E-state index in [-0.39, 0.29) is 6.09 Å². The first kappa shape index (κ1) is 14.3. The second-order valence-electron chi connectivity index (χ2n) is 6.49. The van der Waals surface area contributed by atoms with Crippen LogP contribution in [0.1, 0.15) is 53.4 Å². The van der Waals surface area contributed by atoms with Gasteiger partial charge in [-0.1, -0.05) is 19.8 Å². The van der Waals surface area contributed by atoms with E-state index in [2.05, 4.69) is 6.92 Å². The molecule has 0 saturated heterocycles. The third-order valence-corrected chi connectivity index (χ3v) is 3.37. The first-order valence-electron chi connectivity index (χ1n) is 6.72. The second-order valence-corrected chi connectivity index (χ2v) is 6.49. The molecule has 0 spiro atoms. The maximum Gasteiger partial charge on any atom is 0.410 e. The summed E-state index contributed by atoms with van der Waals surface area (Å²) in [5, 5.41) is 0. The van der Waals surface area contributed by atoms with Crippen molar-refractivity contribution >= 4 is 6.09 Å². The smallest absolute Gasteiger partial charge is 0.410 e. The van der Waals surface area contributed by atoms with Gasteiger partial charge in [-0.3, -0.25) is 0 Å². The highest BCUT2D eigenvalue weighted by Gasteiger charge is 2.24. The fourth-order valence-corrected chi connectivity index (χ4v) is 2.31. The van der Waals surface area contributed by atoms with Crippen molar-refractivity contribution < 1.29 is 9.53 Å². The fraction of sp³-hybridized carbons (Fsp3) is 0.929. The van der Waals surface area contributed by atoms with Gasteiger partial charge in [-0.05, 0) is 45.4 Å². The van der Waals surface area contributed by atoms with Gasteiger partial charge in [0.25, 0.3) is 0 Å². The summed E-state index contributed by atoms with van der Waals surface area (Å²) in [6, 6.07) is 0. The predicted molar refractivity (Wildman–Crippen MR) is 70.0 cm³/mol. The van der Waals surface area contributed by atoms with Gasteiger partial charge in [0.1, 0.15) is 5.60 Å². The molecule has 0 aromatic carbocycles. The van der Waals surface area contributed by atoms with E-state index < -0.39 is 5.60 Å². The normalized spacial score (nSPS) is 25.5. The largest absolute Gasteiger partial charge is 0.444 e. The van der Waals surface area contributed by atoms with E-state index >= 15 is 0 Å². The van der Waals surface area contributed by atoms with Crippen molar-refractivity contribution in [1.29, 1.82) is 0 Å². The molecule has 0 heterocycles. The number of carbonyl (C=O) groups is 1. The van der Waals surface area contributed by atoms with Gasteiger partial charge in [0.15, 0.2) is 0 Å². The van der Waals surface area contributed by atoms with Gasteiger partial charge >= 0.3 is 6.09 Å². The Hall–Kier alpha value is -0.730. The highest BCUT2D eigenvalue weighted by Crippen LogP contribution is 2.28. The van der Waals surface area contributed by atoms with Gasteiger partial charge in [-0.2, -0.15) is 0 Å². The van der Waals surface area contributed by atoms with Crippen molar-refractivity contribution in [2.75, 3.05) is 13.6 Å². The molecule has 0 aliphatic heterocycles. The first-order valence-corrected chi connectivity index (χ1v) is 6.72. The summed E-state index contributed by atoms with van der Waals surface area (Å²) in [6.07, 6.45) is 4.89. The van der Waals surface area contributed by atoms with E-state index in [4.69, 9.17) is 4.74 Å². The summed E-state index contributed by atoms with van der Waals surface area (Å²) >= 11 is 0. The summed E-state index contributed by atoms with van der Waals surface area (Å²) < 4.78 is 5.35. The highest BCUT2D eigenvalue weighted by molar-refractivity contribution is 5.67. The zero-order chi connectivity index (χ0) is 13.1. The van der Waals surface area contributed by atoms with E-state index in [1.807, 2.05) is 27.8 Å². The number of hydrogen-bond acceptors (Lipinski definition) is 2. The molecule has 0 N–H and O–H groups in total. The van der Waals surface area contributed by atoms with Crippen LogP contribution in [-0.2, 0) is 4.74 Å². The van der Waals surface area contributed by atoms with Gasteiger partial charge in [0.2, 0.25) is 0 Å². The highest BCUT2D eigenvalue weighted by atomic mass is 16.6. The molecule has 0 aromatic heterocycles. The maximum absolute atomic E-state index is 11.8. The lowest BCUT2D eigenvalue weighted by molar-refractivity contribution is 0.0258. The minimum Gasteiger partial charge on any atom is -0.444 e. The second kappa shape index (κ2) is 5.74. The Morgan fingerprint density at radius 2 is 1.76 bits per heavy atom. The summed E-state index contributed by atoms with van der Waals surface area (Å²) in [4.78, 5) is 13.5. The van der Waals surface area contributed by atoms with Crippen LogP contribution < -0.4 is 0 Å². The van der Waals surface area contributed by atoms with E-state index in [9.17, 15) is 4.79 Å². The predicted octanol–water partition coefficient (Wildman–Crippen LogP) is 3.68. The van der Waals surface area contributed by atoms with Gasteiger partial charge in [-0.25, -0.2) is 4.79 Å². The Bertz CT molecular complexity index is 249. The SMILES string of the molecule is CN(C[C@H]1CC[C@@H](C)CC1)C(=O)OC(C)(C)C. The average molecular weight is 241 g/mol. The Labute approximate surface area is 106 Å². The molecule has 0 radical (unpaired) electrons. The van der Waals surface area contributed by atoms with Crippen LogP contribution in [0, 0.1) is 11.8 Å². The lowest BCUT2D eigenvalue weighted by atomic mass is 9.83. The maximum atomic E-state index is 11.8. The van der Waals surface area contributed by atoms with Crippen molar-refractivity contribution in [2.45, 2.75) is 59.0 Å². The molecule has 0 aromatic rings. The molecule has 1 saturated carbocycles. The van der Waals surface area contributed by atoms with Crippen LogP contribution in [0.15, 0.2) is 0 Å². The number of amides is 1. The molecule has 1 amide bonds. The minimum atomic E-state index is -0.396. The third kappa shape index (κ3) is 5.42. The van der Waals surface area contributed by atoms with Crippen molar-refractivity contribution in [1.82, 2.24) is 4.90 Å². The van der Waals surface area contributed by atoms with Crippen LogP contribution in [0.3, 0.4) is 0 Å². The van der Waals surface area contributed by atoms with Crippen molar-refractivity contribution in [3.8, 4) is 0 Å². The molecule has 0 bridgehead atoms. The average Bonchev–Trinajstić information content (AvgIpc) is 2.19. The van der Waals surface area contributed by atoms with Crippen molar-refractivity contribution in [2.24, 2.45) is 11.8 Å². The number of nitrogens with zero attached hydrogens (tertiary/aromatic N) is 1. The lowest BCUT2D eigenvalue weighted by Gasteiger charge is -2.31. The third-order valence-electron chi connectivity index (χ3n) is 3.37. The minimum absolute atomic E-state index is 0.198. The quantitative estimate of drug-likeness (QED) is 0.738. The molecule has 1 rings (SSSR count). The lowest BCUT2D eigenvalue weighted by Crippen LogP contribution is -2.37. The van der Waals surface area contributed by atoms with Crippen LogP contribution in [0.2, 0.25) is 0 Å². The fourth-order valence-electron chi connectivity index (χ4n) is 2.31. The Morgan fingerprint density at radius 3 is 2.24 bits per heavy atom. The molecule has 1 aliphatic carbocycles. The van der Waals surface area contributed by atoms with Crippen LogP contribution >= 0.6 is 0 Å². The molecular weight excluding hydrogens is 214 g/mol. The van der Waals surface area contributed by atoms with Crippen LogP contribution in [0.25, 0.3) is 0 Å². The Balaban J connectivity index is 2.33. The summed E-state index contributed by atoms with van der Waals surface area (Å²) in [5.74, 6) is 1.52.